The van der Waals surface area contributed by atoms with E-state index < -0.39 is 0 Å². The Morgan fingerprint density at radius 1 is 0.508 bits per heavy atom. The molecule has 0 saturated carbocycles. The predicted molar refractivity (Wildman–Crippen MR) is 278 cm³/mol. The monoisotopic (exact) mass is 852 g/mol. The van der Waals surface area contributed by atoms with Crippen LogP contribution in [0.25, 0.3) is 79.0 Å². The minimum atomic E-state index is -0.0199. The maximum absolute atomic E-state index is 2.73. The normalized spacial score (nSPS) is 16.5. The number of thiophene rings is 2. The second-order valence-electron chi connectivity index (χ2n) is 22.4. The highest BCUT2D eigenvalue weighted by atomic mass is 32.1. The third-order valence-electron chi connectivity index (χ3n) is 15.5. The van der Waals surface area contributed by atoms with E-state index in [0.29, 0.717) is 0 Å². The molecule has 0 saturated heterocycles. The Balaban J connectivity index is 1.17. The fraction of sp³-hybridized carbons (Fsp3) is 0.276. The summed E-state index contributed by atoms with van der Waals surface area (Å²) in [4.78, 5) is 2.73. The molecule has 63 heavy (non-hydrogen) atoms. The van der Waals surface area contributed by atoms with Gasteiger partial charge in [0.2, 0.25) is 0 Å². The number of anilines is 2. The van der Waals surface area contributed by atoms with Crippen molar-refractivity contribution < 1.29 is 0 Å². The van der Waals surface area contributed by atoms with Crippen molar-refractivity contribution in [2.24, 2.45) is 0 Å². The predicted octanol–water partition coefficient (Wildman–Crippen LogP) is 15.7. The lowest BCUT2D eigenvalue weighted by Crippen LogP contribution is -2.60. The quantitative estimate of drug-likeness (QED) is 0.149. The molecular formula is C58H53BN2S2. The fourth-order valence-electron chi connectivity index (χ4n) is 11.8. The molecule has 5 heteroatoms. The van der Waals surface area contributed by atoms with E-state index in [1.165, 1.54) is 136 Å². The van der Waals surface area contributed by atoms with E-state index in [-0.39, 0.29) is 28.5 Å². The first-order valence-corrected chi connectivity index (χ1v) is 24.6. The van der Waals surface area contributed by atoms with Crippen molar-refractivity contribution in [3.63, 3.8) is 0 Å². The molecule has 0 amide bonds. The molecule has 0 atom stereocenters. The molecule has 0 radical (unpaired) electrons. The molecule has 310 valence electrons. The van der Waals surface area contributed by atoms with Gasteiger partial charge in [-0.2, -0.15) is 0 Å². The summed E-state index contributed by atoms with van der Waals surface area (Å²) < 4.78 is 8.12. The van der Waals surface area contributed by atoms with Gasteiger partial charge in [-0.25, -0.2) is 0 Å². The molecule has 0 unspecified atom stereocenters. The molecule has 0 bridgehead atoms. The number of rotatable bonds is 1. The van der Waals surface area contributed by atoms with E-state index in [0.717, 1.165) is 0 Å². The Morgan fingerprint density at radius 2 is 1.14 bits per heavy atom. The van der Waals surface area contributed by atoms with Crippen LogP contribution in [0.1, 0.15) is 104 Å². The molecule has 5 heterocycles. The van der Waals surface area contributed by atoms with Crippen molar-refractivity contribution in [1.29, 1.82) is 0 Å². The van der Waals surface area contributed by atoms with Crippen LogP contribution in [0.4, 0.5) is 11.4 Å². The fourth-order valence-corrected chi connectivity index (χ4v) is 14.1. The summed E-state index contributed by atoms with van der Waals surface area (Å²) in [7, 11) is 0. The van der Waals surface area contributed by atoms with Crippen LogP contribution in [0.5, 0.6) is 0 Å². The minimum Gasteiger partial charge on any atom is -0.376 e. The Bertz CT molecular complexity index is 3650. The van der Waals surface area contributed by atoms with Crippen molar-refractivity contribution in [3.8, 4) is 16.8 Å². The lowest BCUT2D eigenvalue weighted by Gasteiger charge is -2.42. The highest BCUT2D eigenvalue weighted by molar-refractivity contribution is 7.26. The highest BCUT2D eigenvalue weighted by Gasteiger charge is 2.45. The van der Waals surface area contributed by atoms with E-state index in [1.807, 2.05) is 22.7 Å². The summed E-state index contributed by atoms with van der Waals surface area (Å²) in [5.41, 5.74) is 18.1. The smallest absolute Gasteiger partial charge is 0.333 e. The van der Waals surface area contributed by atoms with Gasteiger partial charge >= 0.3 is 6.85 Å². The van der Waals surface area contributed by atoms with Crippen LogP contribution in [-0.2, 0) is 21.7 Å². The number of fused-ring (bicyclic) bond motifs is 15. The average molecular weight is 853 g/mol. The van der Waals surface area contributed by atoms with Crippen molar-refractivity contribution in [2.45, 2.75) is 104 Å². The van der Waals surface area contributed by atoms with Gasteiger partial charge in [0.05, 0.1) is 11.0 Å². The number of benzene rings is 7. The SMILES string of the molecule is CC(C)(C)c1ccc(N2B3c4cc(C(C)(C)C)ccc4-n4c5cc6c(cc5c5ccc(c3c54)-c3cc4c(cc32)sc2cc3c(cc24)C(C)(C)CCC3(C)C)sc2ccccc26)cc1. The molecule has 0 spiro atoms. The van der Waals surface area contributed by atoms with Gasteiger partial charge in [0, 0.05) is 73.7 Å². The van der Waals surface area contributed by atoms with Crippen molar-refractivity contribution >= 4 is 114 Å². The summed E-state index contributed by atoms with van der Waals surface area (Å²) in [5.74, 6) is 0. The van der Waals surface area contributed by atoms with Gasteiger partial charge in [-0.1, -0.05) is 124 Å². The molecule has 3 aliphatic rings. The van der Waals surface area contributed by atoms with Crippen LogP contribution in [0, 0.1) is 0 Å². The van der Waals surface area contributed by atoms with Gasteiger partial charge in [-0.15, -0.1) is 22.7 Å². The standard InChI is InChI=1S/C58H53BN2S2/c1-55(2,3)32-15-18-34(19-16-32)61-48-31-52-40(41-27-43-44(30-51(41)63-52)58(9,10)24-23-57(43,7)8)26-38(48)36-20-21-37-39-29-50-42(35-13-11-12-14-49(35)62-50)28-47(39)60-46-22-17-33(56(4,5)6)25-45(46)59(61)53(36)54(37)60/h11-22,25-31H,23-24H2,1-10H3. The molecule has 13 rings (SSSR count). The van der Waals surface area contributed by atoms with E-state index >= 15 is 0 Å². The zero-order chi connectivity index (χ0) is 43.3. The molecule has 10 aromatic rings. The van der Waals surface area contributed by atoms with Crippen LogP contribution >= 0.6 is 22.7 Å². The zero-order valence-electron chi connectivity index (χ0n) is 38.2. The molecule has 7 aromatic carbocycles. The van der Waals surface area contributed by atoms with Gasteiger partial charge in [-0.05, 0) is 134 Å². The summed E-state index contributed by atoms with van der Waals surface area (Å²) in [6.45, 7) is 23.8. The summed E-state index contributed by atoms with van der Waals surface area (Å²) in [6, 6.07) is 46.1. The lowest BCUT2D eigenvalue weighted by atomic mass is 9.43. The number of hydrogen-bond donors (Lipinski definition) is 0. The van der Waals surface area contributed by atoms with Crippen LogP contribution in [0.3, 0.4) is 0 Å². The minimum absolute atomic E-state index is 0.0119. The lowest BCUT2D eigenvalue weighted by molar-refractivity contribution is 0.332. The van der Waals surface area contributed by atoms with Gasteiger partial charge in [0.25, 0.3) is 0 Å². The van der Waals surface area contributed by atoms with Crippen LogP contribution < -0.4 is 15.7 Å². The number of nitrogens with zero attached hydrogens (tertiary/aromatic N) is 2. The van der Waals surface area contributed by atoms with E-state index in [1.54, 1.807) is 0 Å². The number of hydrogen-bond acceptors (Lipinski definition) is 3. The van der Waals surface area contributed by atoms with Crippen LogP contribution in [0.2, 0.25) is 0 Å². The van der Waals surface area contributed by atoms with Crippen LogP contribution in [-0.4, -0.2) is 11.4 Å². The van der Waals surface area contributed by atoms with Gasteiger partial charge in [0.15, 0.2) is 0 Å². The second-order valence-corrected chi connectivity index (χ2v) is 24.6. The Labute approximate surface area is 379 Å². The van der Waals surface area contributed by atoms with Gasteiger partial charge in [0.1, 0.15) is 0 Å². The van der Waals surface area contributed by atoms with Crippen molar-refractivity contribution in [2.75, 3.05) is 4.81 Å². The molecule has 0 fully saturated rings. The third-order valence-corrected chi connectivity index (χ3v) is 17.8. The molecule has 2 aliphatic heterocycles. The summed E-state index contributed by atoms with van der Waals surface area (Å²) in [6.07, 6.45) is 2.43. The zero-order valence-corrected chi connectivity index (χ0v) is 39.8. The third kappa shape index (κ3) is 5.18. The number of aromatic nitrogens is 1. The molecular weight excluding hydrogens is 800 g/mol. The average Bonchev–Trinajstić information content (AvgIpc) is 3.90. The van der Waals surface area contributed by atoms with Crippen LogP contribution in [0.15, 0.2) is 115 Å². The summed E-state index contributed by atoms with van der Waals surface area (Å²) in [5, 5.41) is 8.14. The van der Waals surface area contributed by atoms with E-state index in [2.05, 4.69) is 194 Å². The van der Waals surface area contributed by atoms with E-state index in [9.17, 15) is 0 Å². The largest absolute Gasteiger partial charge is 0.376 e. The second kappa shape index (κ2) is 12.3. The molecule has 3 aromatic heterocycles. The topological polar surface area (TPSA) is 8.17 Å². The van der Waals surface area contributed by atoms with Crippen molar-refractivity contribution in [3.05, 3.63) is 138 Å². The Hall–Kier alpha value is -5.36. The first-order valence-electron chi connectivity index (χ1n) is 23.0. The molecule has 2 nitrogen and oxygen atoms in total. The van der Waals surface area contributed by atoms with Gasteiger partial charge < -0.3 is 9.38 Å². The molecule has 1 aliphatic carbocycles. The first-order chi connectivity index (χ1) is 30.0. The highest BCUT2D eigenvalue weighted by Crippen LogP contribution is 2.53. The summed E-state index contributed by atoms with van der Waals surface area (Å²) >= 11 is 3.90. The maximum Gasteiger partial charge on any atom is 0.333 e. The Morgan fingerprint density at radius 3 is 1.89 bits per heavy atom. The van der Waals surface area contributed by atoms with E-state index in [4.69, 9.17) is 0 Å². The molecule has 0 N–H and O–H groups in total. The maximum atomic E-state index is 2.73. The first kappa shape index (κ1) is 38.1. The Kier molecular flexibility index (Phi) is 7.42. The van der Waals surface area contributed by atoms with Crippen molar-refractivity contribution in [1.82, 2.24) is 4.57 Å². The van der Waals surface area contributed by atoms with Gasteiger partial charge in [-0.3, -0.25) is 0 Å².